The number of benzene rings is 1. The summed E-state index contributed by atoms with van der Waals surface area (Å²) < 4.78 is 5.66. The average molecular weight is 377 g/mol. The number of amides is 2. The van der Waals surface area contributed by atoms with Crippen LogP contribution in [0, 0.1) is 6.92 Å². The second-order valence-corrected chi connectivity index (χ2v) is 6.61. The van der Waals surface area contributed by atoms with Crippen LogP contribution < -0.4 is 10.5 Å². The van der Waals surface area contributed by atoms with Crippen molar-refractivity contribution in [2.45, 2.75) is 32.2 Å². The SMILES string of the molecule is Cc1ccccc1OCCC(=O)N1CCN(C(=O)CC[C@H](N)C(=O)O)CC1. The van der Waals surface area contributed by atoms with Gasteiger partial charge in [-0.2, -0.15) is 0 Å². The Morgan fingerprint density at radius 2 is 1.63 bits per heavy atom. The molecule has 2 amide bonds. The summed E-state index contributed by atoms with van der Waals surface area (Å²) >= 11 is 0. The molecule has 148 valence electrons. The Morgan fingerprint density at radius 3 is 2.19 bits per heavy atom. The summed E-state index contributed by atoms with van der Waals surface area (Å²) in [5.74, 6) is -0.448. The molecule has 1 aliphatic rings. The van der Waals surface area contributed by atoms with Crippen LogP contribution in [-0.4, -0.2) is 71.5 Å². The number of para-hydroxylation sites is 1. The molecule has 1 heterocycles. The number of carbonyl (C=O) groups excluding carboxylic acids is 2. The van der Waals surface area contributed by atoms with E-state index in [1.54, 1.807) is 9.80 Å². The summed E-state index contributed by atoms with van der Waals surface area (Å²) in [5, 5.41) is 8.76. The monoisotopic (exact) mass is 377 g/mol. The minimum Gasteiger partial charge on any atom is -0.493 e. The molecule has 1 atom stereocenters. The molecule has 1 saturated heterocycles. The number of hydrogen-bond acceptors (Lipinski definition) is 5. The van der Waals surface area contributed by atoms with E-state index in [0.29, 0.717) is 32.8 Å². The number of hydrogen-bond donors (Lipinski definition) is 2. The second-order valence-electron chi connectivity index (χ2n) is 6.61. The van der Waals surface area contributed by atoms with E-state index in [2.05, 4.69) is 0 Å². The Labute approximate surface area is 158 Å². The first-order valence-electron chi connectivity index (χ1n) is 9.11. The van der Waals surface area contributed by atoms with Gasteiger partial charge in [-0.15, -0.1) is 0 Å². The highest BCUT2D eigenvalue weighted by Crippen LogP contribution is 2.16. The molecule has 2 rings (SSSR count). The number of carbonyl (C=O) groups is 3. The van der Waals surface area contributed by atoms with Gasteiger partial charge in [-0.3, -0.25) is 14.4 Å². The molecule has 1 fully saturated rings. The van der Waals surface area contributed by atoms with Gasteiger partial charge in [0.05, 0.1) is 13.0 Å². The van der Waals surface area contributed by atoms with E-state index in [1.165, 1.54) is 0 Å². The molecule has 0 aliphatic carbocycles. The number of nitrogens with zero attached hydrogens (tertiary/aromatic N) is 2. The lowest BCUT2D eigenvalue weighted by Crippen LogP contribution is -2.51. The molecule has 3 N–H and O–H groups in total. The van der Waals surface area contributed by atoms with Gasteiger partial charge >= 0.3 is 5.97 Å². The number of carboxylic acid groups (broad SMARTS) is 1. The van der Waals surface area contributed by atoms with Crippen LogP contribution >= 0.6 is 0 Å². The molecule has 0 aromatic heterocycles. The van der Waals surface area contributed by atoms with Crippen LogP contribution in [-0.2, 0) is 14.4 Å². The number of piperazine rings is 1. The van der Waals surface area contributed by atoms with Crippen LogP contribution in [0.5, 0.6) is 5.75 Å². The lowest BCUT2D eigenvalue weighted by molar-refractivity contribution is -0.141. The number of nitrogens with two attached hydrogens (primary N) is 1. The van der Waals surface area contributed by atoms with Gasteiger partial charge in [0.1, 0.15) is 11.8 Å². The summed E-state index contributed by atoms with van der Waals surface area (Å²) in [6.07, 6.45) is 0.505. The number of rotatable bonds is 8. The molecule has 27 heavy (non-hydrogen) atoms. The number of aryl methyl sites for hydroxylation is 1. The Kier molecular flexibility index (Phi) is 7.60. The van der Waals surface area contributed by atoms with Crippen LogP contribution in [0.25, 0.3) is 0 Å². The third-order valence-corrected chi connectivity index (χ3v) is 4.64. The molecule has 8 heteroatoms. The number of ether oxygens (including phenoxy) is 1. The smallest absolute Gasteiger partial charge is 0.320 e. The van der Waals surface area contributed by atoms with Crippen molar-refractivity contribution in [3.8, 4) is 5.75 Å². The van der Waals surface area contributed by atoms with Crippen LogP contribution in [0.2, 0.25) is 0 Å². The zero-order valence-electron chi connectivity index (χ0n) is 15.6. The van der Waals surface area contributed by atoms with Crippen molar-refractivity contribution in [2.24, 2.45) is 5.73 Å². The highest BCUT2D eigenvalue weighted by molar-refractivity contribution is 5.79. The van der Waals surface area contributed by atoms with Gasteiger partial charge < -0.3 is 25.4 Å². The predicted octanol–water partition coefficient (Wildman–Crippen LogP) is 0.627. The van der Waals surface area contributed by atoms with Gasteiger partial charge in [0.2, 0.25) is 11.8 Å². The minimum absolute atomic E-state index is 0.00332. The predicted molar refractivity (Wildman–Crippen MR) is 99.3 cm³/mol. The van der Waals surface area contributed by atoms with Crippen molar-refractivity contribution in [3.05, 3.63) is 29.8 Å². The van der Waals surface area contributed by atoms with E-state index in [4.69, 9.17) is 15.6 Å². The van der Waals surface area contributed by atoms with Gasteiger partial charge in [0.25, 0.3) is 0 Å². The molecule has 8 nitrogen and oxygen atoms in total. The van der Waals surface area contributed by atoms with Gasteiger partial charge in [-0.1, -0.05) is 18.2 Å². The topological polar surface area (TPSA) is 113 Å². The van der Waals surface area contributed by atoms with E-state index in [9.17, 15) is 14.4 Å². The van der Waals surface area contributed by atoms with Gasteiger partial charge in [0, 0.05) is 32.6 Å². The third kappa shape index (κ3) is 6.25. The lowest BCUT2D eigenvalue weighted by Gasteiger charge is -2.35. The fourth-order valence-electron chi connectivity index (χ4n) is 2.89. The first-order valence-corrected chi connectivity index (χ1v) is 9.11. The Balaban J connectivity index is 1.68. The normalized spacial score (nSPS) is 15.3. The highest BCUT2D eigenvalue weighted by atomic mass is 16.5. The zero-order valence-corrected chi connectivity index (χ0v) is 15.6. The van der Waals surface area contributed by atoms with Crippen LogP contribution in [0.15, 0.2) is 24.3 Å². The summed E-state index contributed by atoms with van der Waals surface area (Å²) in [5.41, 5.74) is 6.45. The van der Waals surface area contributed by atoms with Crippen molar-refractivity contribution >= 4 is 17.8 Å². The maximum absolute atomic E-state index is 12.3. The average Bonchev–Trinajstić information content (AvgIpc) is 2.67. The molecule has 0 saturated carbocycles. The lowest BCUT2D eigenvalue weighted by atomic mass is 10.1. The van der Waals surface area contributed by atoms with Gasteiger partial charge in [-0.25, -0.2) is 0 Å². The molecule has 1 aromatic carbocycles. The standard InChI is InChI=1S/C19H27N3O5/c1-14-4-2-3-5-16(14)27-13-8-18(24)22-11-9-21(10-12-22)17(23)7-6-15(20)19(25)26/h2-5,15H,6-13,20H2,1H3,(H,25,26)/t15-/m0/s1. The van der Waals surface area contributed by atoms with Crippen molar-refractivity contribution < 1.29 is 24.2 Å². The summed E-state index contributed by atoms with van der Waals surface area (Å²) in [7, 11) is 0. The molecular formula is C19H27N3O5. The molecule has 0 unspecified atom stereocenters. The molecule has 0 radical (unpaired) electrons. The van der Waals surface area contributed by atoms with E-state index < -0.39 is 12.0 Å². The number of aliphatic carboxylic acids is 1. The Morgan fingerprint density at radius 1 is 1.07 bits per heavy atom. The van der Waals surface area contributed by atoms with E-state index in [0.717, 1.165) is 11.3 Å². The minimum atomic E-state index is -1.11. The molecule has 0 spiro atoms. The quantitative estimate of drug-likeness (QED) is 0.687. The highest BCUT2D eigenvalue weighted by Gasteiger charge is 2.24. The molecular weight excluding hydrogens is 350 g/mol. The molecule has 1 aliphatic heterocycles. The van der Waals surface area contributed by atoms with E-state index >= 15 is 0 Å². The van der Waals surface area contributed by atoms with Gasteiger partial charge in [-0.05, 0) is 25.0 Å². The van der Waals surface area contributed by atoms with Crippen LogP contribution in [0.4, 0.5) is 0 Å². The first kappa shape index (κ1) is 20.7. The third-order valence-electron chi connectivity index (χ3n) is 4.64. The van der Waals surface area contributed by atoms with Crippen molar-refractivity contribution in [2.75, 3.05) is 32.8 Å². The number of carboxylic acids is 1. The fourth-order valence-corrected chi connectivity index (χ4v) is 2.89. The van der Waals surface area contributed by atoms with Gasteiger partial charge in [0.15, 0.2) is 0 Å². The largest absolute Gasteiger partial charge is 0.493 e. The van der Waals surface area contributed by atoms with E-state index in [-0.39, 0.29) is 31.1 Å². The summed E-state index contributed by atoms with van der Waals surface area (Å²) in [6, 6.07) is 6.63. The summed E-state index contributed by atoms with van der Waals surface area (Å²) in [4.78, 5) is 38.5. The van der Waals surface area contributed by atoms with Crippen LogP contribution in [0.3, 0.4) is 0 Å². The fraction of sp³-hybridized carbons (Fsp3) is 0.526. The maximum Gasteiger partial charge on any atom is 0.320 e. The molecule has 0 bridgehead atoms. The van der Waals surface area contributed by atoms with Crippen LogP contribution in [0.1, 0.15) is 24.8 Å². The second kappa shape index (κ2) is 9.91. The molecule has 1 aromatic rings. The van der Waals surface area contributed by atoms with Crippen molar-refractivity contribution in [1.82, 2.24) is 9.80 Å². The Hall–Kier alpha value is -2.61. The van der Waals surface area contributed by atoms with Crippen molar-refractivity contribution in [1.29, 1.82) is 0 Å². The van der Waals surface area contributed by atoms with Crippen molar-refractivity contribution in [3.63, 3.8) is 0 Å². The Bertz CT molecular complexity index is 671. The summed E-state index contributed by atoms with van der Waals surface area (Å²) in [6.45, 7) is 4.11. The van der Waals surface area contributed by atoms with E-state index in [1.807, 2.05) is 31.2 Å². The zero-order chi connectivity index (χ0) is 19.8. The maximum atomic E-state index is 12.3. The first-order chi connectivity index (χ1) is 12.9.